The van der Waals surface area contributed by atoms with Crippen LogP contribution in [0.15, 0.2) is 29.4 Å². The number of oxime groups is 1. The van der Waals surface area contributed by atoms with Gasteiger partial charge in [0.2, 0.25) is 0 Å². The van der Waals surface area contributed by atoms with Crippen LogP contribution in [0.4, 0.5) is 13.2 Å². The van der Waals surface area contributed by atoms with Crippen molar-refractivity contribution in [3.8, 4) is 0 Å². The number of benzene rings is 1. The van der Waals surface area contributed by atoms with E-state index >= 15 is 0 Å². The van der Waals surface area contributed by atoms with Crippen LogP contribution in [0.2, 0.25) is 0 Å². The maximum absolute atomic E-state index is 12.6. The topological polar surface area (TPSA) is 24.8 Å². The highest BCUT2D eigenvalue weighted by atomic mass is 19.4. The van der Waals surface area contributed by atoms with Crippen LogP contribution in [0.5, 0.6) is 0 Å². The number of hydrogen-bond donors (Lipinski definition) is 0. The van der Waals surface area contributed by atoms with E-state index in [0.29, 0.717) is 12.5 Å². The van der Waals surface area contributed by atoms with Gasteiger partial charge in [-0.05, 0) is 23.6 Å². The van der Waals surface area contributed by atoms with Gasteiger partial charge in [-0.3, -0.25) is 4.90 Å². The van der Waals surface area contributed by atoms with E-state index in [1.165, 1.54) is 0 Å². The molecule has 0 amide bonds. The summed E-state index contributed by atoms with van der Waals surface area (Å²) in [6.07, 6.45) is -1.55. The predicted octanol–water partition coefficient (Wildman–Crippen LogP) is 4.47. The van der Waals surface area contributed by atoms with Crippen molar-refractivity contribution in [3.63, 3.8) is 0 Å². The van der Waals surface area contributed by atoms with Crippen LogP contribution in [-0.4, -0.2) is 29.3 Å². The van der Waals surface area contributed by atoms with Gasteiger partial charge in [0.15, 0.2) is 0 Å². The van der Waals surface area contributed by atoms with E-state index in [9.17, 15) is 13.2 Å². The first-order valence-corrected chi connectivity index (χ1v) is 8.41. The molecular formula is C18H23F3N2O. The highest BCUT2D eigenvalue weighted by molar-refractivity contribution is 5.87. The Bertz CT molecular complexity index is 600. The largest absolute Gasteiger partial charge is 0.416 e. The summed E-state index contributed by atoms with van der Waals surface area (Å²) in [7, 11) is 0. The van der Waals surface area contributed by atoms with Gasteiger partial charge in [-0.2, -0.15) is 13.2 Å². The summed E-state index contributed by atoms with van der Waals surface area (Å²) in [4.78, 5) is 8.01. The van der Waals surface area contributed by atoms with Crippen molar-refractivity contribution in [2.24, 2.45) is 11.1 Å². The summed E-state index contributed by atoms with van der Waals surface area (Å²) in [5.41, 5.74) is 1.29. The van der Waals surface area contributed by atoms with E-state index < -0.39 is 11.7 Å². The van der Waals surface area contributed by atoms with Crippen molar-refractivity contribution < 1.29 is 18.0 Å². The number of alkyl halides is 3. The molecule has 2 aliphatic heterocycles. The van der Waals surface area contributed by atoms with E-state index in [0.717, 1.165) is 55.8 Å². The quantitative estimate of drug-likeness (QED) is 0.811. The third kappa shape index (κ3) is 3.74. The molecule has 6 heteroatoms. The molecule has 0 bridgehead atoms. The zero-order valence-corrected chi connectivity index (χ0v) is 14.1. The molecule has 132 valence electrons. The lowest BCUT2D eigenvalue weighted by Gasteiger charge is -2.37. The number of likely N-dealkylation sites (tertiary alicyclic amines) is 1. The summed E-state index contributed by atoms with van der Waals surface area (Å²) in [5.74, 6) is 0.412. The Morgan fingerprint density at radius 3 is 2.29 bits per heavy atom. The van der Waals surface area contributed by atoms with Crippen molar-refractivity contribution in [2.45, 2.75) is 51.4 Å². The summed E-state index contributed by atoms with van der Waals surface area (Å²) in [5, 5.41) is 4.25. The van der Waals surface area contributed by atoms with Gasteiger partial charge in [0, 0.05) is 38.9 Å². The number of halogens is 3. The van der Waals surface area contributed by atoms with Crippen molar-refractivity contribution in [1.29, 1.82) is 0 Å². The zero-order chi connectivity index (χ0) is 17.4. The molecule has 1 spiro atoms. The molecule has 0 unspecified atom stereocenters. The Labute approximate surface area is 140 Å². The second-order valence-electron chi connectivity index (χ2n) is 7.16. The van der Waals surface area contributed by atoms with Gasteiger partial charge in [-0.1, -0.05) is 31.1 Å². The van der Waals surface area contributed by atoms with Crippen LogP contribution in [0, 0.1) is 5.92 Å². The smallest absolute Gasteiger partial charge is 0.389 e. The molecule has 24 heavy (non-hydrogen) atoms. The van der Waals surface area contributed by atoms with Crippen LogP contribution in [0.1, 0.15) is 44.2 Å². The fourth-order valence-corrected chi connectivity index (χ4v) is 3.30. The minimum atomic E-state index is -4.27. The van der Waals surface area contributed by atoms with E-state index in [4.69, 9.17) is 4.84 Å². The summed E-state index contributed by atoms with van der Waals surface area (Å²) >= 11 is 0. The van der Waals surface area contributed by atoms with Gasteiger partial charge in [0.1, 0.15) is 5.60 Å². The summed E-state index contributed by atoms with van der Waals surface area (Å²) < 4.78 is 37.8. The average Bonchev–Trinajstić information content (AvgIpc) is 2.94. The molecule has 0 radical (unpaired) electrons. The summed E-state index contributed by atoms with van der Waals surface area (Å²) in [6.45, 7) is 6.68. The van der Waals surface area contributed by atoms with Crippen LogP contribution in [-0.2, 0) is 17.6 Å². The first kappa shape index (κ1) is 17.3. The van der Waals surface area contributed by atoms with Crippen molar-refractivity contribution in [1.82, 2.24) is 4.90 Å². The molecule has 1 aromatic carbocycles. The minimum Gasteiger partial charge on any atom is -0.389 e. The average molecular weight is 340 g/mol. The second kappa shape index (κ2) is 6.39. The Morgan fingerprint density at radius 1 is 1.17 bits per heavy atom. The Hall–Kier alpha value is -1.56. The Balaban J connectivity index is 1.53. The monoisotopic (exact) mass is 340 g/mol. The molecule has 0 atom stereocenters. The van der Waals surface area contributed by atoms with Gasteiger partial charge in [-0.15, -0.1) is 0 Å². The highest BCUT2D eigenvalue weighted by Crippen LogP contribution is 2.36. The van der Waals surface area contributed by atoms with Gasteiger partial charge in [-0.25, -0.2) is 0 Å². The first-order chi connectivity index (χ1) is 11.3. The van der Waals surface area contributed by atoms with Crippen LogP contribution >= 0.6 is 0 Å². The molecule has 1 saturated heterocycles. The third-order valence-electron chi connectivity index (χ3n) is 4.98. The fourth-order valence-electron chi connectivity index (χ4n) is 3.30. The van der Waals surface area contributed by atoms with Gasteiger partial charge in [0.05, 0.1) is 11.3 Å². The van der Waals surface area contributed by atoms with Gasteiger partial charge < -0.3 is 4.84 Å². The molecule has 0 aromatic heterocycles. The highest BCUT2D eigenvalue weighted by Gasteiger charge is 2.42. The van der Waals surface area contributed by atoms with Gasteiger partial charge >= 0.3 is 6.18 Å². The van der Waals surface area contributed by atoms with E-state index in [2.05, 4.69) is 23.9 Å². The number of rotatable bonds is 3. The standard InChI is InChI=1S/C18H23F3N2O/c1-13(2)16-11-17(24-22-16)7-9-23(10-8-17)12-14-3-5-15(6-4-14)18(19,20)21/h3-6,13H,7-12H2,1-2H3. The van der Waals surface area contributed by atoms with Crippen LogP contribution in [0.25, 0.3) is 0 Å². The maximum atomic E-state index is 12.6. The minimum absolute atomic E-state index is 0.157. The van der Waals surface area contributed by atoms with E-state index in [1.54, 1.807) is 12.1 Å². The molecule has 2 aliphatic rings. The Kier molecular flexibility index (Phi) is 4.60. The Morgan fingerprint density at radius 2 is 1.79 bits per heavy atom. The third-order valence-corrected chi connectivity index (χ3v) is 4.98. The molecule has 1 aromatic rings. The van der Waals surface area contributed by atoms with E-state index in [1.807, 2.05) is 0 Å². The lowest BCUT2D eigenvalue weighted by atomic mass is 9.84. The van der Waals surface area contributed by atoms with Crippen molar-refractivity contribution in [2.75, 3.05) is 13.1 Å². The summed E-state index contributed by atoms with van der Waals surface area (Å²) in [6, 6.07) is 5.45. The molecule has 3 rings (SSSR count). The lowest BCUT2D eigenvalue weighted by molar-refractivity contribution is -0.137. The maximum Gasteiger partial charge on any atom is 0.416 e. The molecular weight excluding hydrogens is 317 g/mol. The molecule has 2 heterocycles. The normalized spacial score (nSPS) is 21.2. The van der Waals surface area contributed by atoms with Gasteiger partial charge in [0.25, 0.3) is 0 Å². The lowest BCUT2D eigenvalue weighted by Crippen LogP contribution is -2.44. The first-order valence-electron chi connectivity index (χ1n) is 8.41. The molecule has 0 aliphatic carbocycles. The molecule has 3 nitrogen and oxygen atoms in total. The van der Waals surface area contributed by atoms with Crippen LogP contribution < -0.4 is 0 Å². The van der Waals surface area contributed by atoms with Crippen molar-refractivity contribution >= 4 is 5.71 Å². The predicted molar refractivity (Wildman–Crippen MR) is 86.7 cm³/mol. The van der Waals surface area contributed by atoms with Crippen LogP contribution in [0.3, 0.4) is 0 Å². The fraction of sp³-hybridized carbons (Fsp3) is 0.611. The number of piperidine rings is 1. The zero-order valence-electron chi connectivity index (χ0n) is 14.1. The molecule has 1 fully saturated rings. The number of nitrogens with zero attached hydrogens (tertiary/aromatic N) is 2. The van der Waals surface area contributed by atoms with E-state index in [-0.39, 0.29) is 5.60 Å². The molecule has 0 N–H and O–H groups in total. The SMILES string of the molecule is CC(C)C1=NOC2(CCN(Cc3ccc(C(F)(F)F)cc3)CC2)C1. The molecule has 0 saturated carbocycles. The number of hydrogen-bond acceptors (Lipinski definition) is 3. The second-order valence-corrected chi connectivity index (χ2v) is 7.16. The van der Waals surface area contributed by atoms with Crippen molar-refractivity contribution in [3.05, 3.63) is 35.4 Å².